The number of thioether (sulfide) groups is 1. The van der Waals surface area contributed by atoms with Crippen molar-refractivity contribution in [2.24, 2.45) is 0 Å². The Morgan fingerprint density at radius 2 is 1.96 bits per heavy atom. The van der Waals surface area contributed by atoms with Crippen molar-refractivity contribution >= 4 is 39.1 Å². The number of anilines is 2. The molecule has 1 N–H and O–H groups in total. The normalized spacial score (nSPS) is 12.7. The van der Waals surface area contributed by atoms with Crippen LogP contribution in [0.2, 0.25) is 0 Å². The number of carbonyl (C=O) groups excluding carboxylic acids is 1. The zero-order chi connectivity index (χ0) is 19.4. The molecule has 144 valence electrons. The maximum Gasteiger partial charge on any atom is 0.245 e. The number of nitrogens with zero attached hydrogens (tertiary/aromatic N) is 1. The average molecular weight is 409 g/mol. The Morgan fingerprint density at radius 1 is 1.19 bits per heavy atom. The van der Waals surface area contributed by atoms with Crippen molar-refractivity contribution in [3.63, 3.8) is 0 Å². The molecule has 1 amide bonds. The number of ether oxygens (including phenoxy) is 2. The smallest absolute Gasteiger partial charge is 0.245 e. The molecule has 0 saturated carbocycles. The van der Waals surface area contributed by atoms with Gasteiger partial charge in [0.25, 0.3) is 0 Å². The maximum absolute atomic E-state index is 12.6. The molecule has 1 heterocycles. The molecule has 1 aliphatic heterocycles. The van der Waals surface area contributed by atoms with Crippen molar-refractivity contribution in [1.82, 2.24) is 0 Å². The minimum atomic E-state index is -3.66. The molecule has 0 aliphatic carbocycles. The summed E-state index contributed by atoms with van der Waals surface area (Å²) in [6, 6.07) is 12.2. The Labute approximate surface area is 162 Å². The van der Waals surface area contributed by atoms with E-state index in [0.29, 0.717) is 22.9 Å². The van der Waals surface area contributed by atoms with Crippen molar-refractivity contribution in [2.45, 2.75) is 11.8 Å². The molecule has 0 spiro atoms. The van der Waals surface area contributed by atoms with Crippen molar-refractivity contribution in [3.8, 4) is 11.5 Å². The molecule has 3 rings (SSSR count). The zero-order valence-corrected chi connectivity index (χ0v) is 16.6. The molecule has 2 aromatic carbocycles. The first-order valence-electron chi connectivity index (χ1n) is 8.27. The molecule has 2 aromatic rings. The van der Waals surface area contributed by atoms with E-state index in [9.17, 15) is 13.2 Å². The Bertz CT molecular complexity index is 947. The van der Waals surface area contributed by atoms with Crippen LogP contribution < -0.4 is 19.1 Å². The lowest BCUT2D eigenvalue weighted by molar-refractivity contribution is -0.114. The van der Waals surface area contributed by atoms with Crippen LogP contribution in [-0.2, 0) is 14.8 Å². The molecule has 9 heteroatoms. The second-order valence-corrected chi connectivity index (χ2v) is 8.79. The topological polar surface area (TPSA) is 84.9 Å². The minimum Gasteiger partial charge on any atom is -0.454 e. The molecule has 0 fully saturated rings. The minimum absolute atomic E-state index is 0.0889. The van der Waals surface area contributed by atoms with E-state index in [1.807, 2.05) is 24.5 Å². The third-order valence-corrected chi connectivity index (χ3v) is 6.45. The van der Waals surface area contributed by atoms with Crippen LogP contribution in [0.5, 0.6) is 11.5 Å². The van der Waals surface area contributed by atoms with Gasteiger partial charge in [0.1, 0.15) is 6.54 Å². The third kappa shape index (κ3) is 4.48. The molecule has 0 atom stereocenters. The van der Waals surface area contributed by atoms with Crippen molar-refractivity contribution in [1.29, 1.82) is 0 Å². The van der Waals surface area contributed by atoms with Gasteiger partial charge in [-0.3, -0.25) is 9.10 Å². The van der Waals surface area contributed by atoms with E-state index in [0.717, 1.165) is 9.20 Å². The van der Waals surface area contributed by atoms with E-state index in [1.165, 1.54) is 6.92 Å². The highest BCUT2D eigenvalue weighted by Gasteiger charge is 2.25. The van der Waals surface area contributed by atoms with Crippen LogP contribution in [0.3, 0.4) is 0 Å². The van der Waals surface area contributed by atoms with Crippen molar-refractivity contribution in [3.05, 3.63) is 42.5 Å². The first-order valence-corrected chi connectivity index (χ1v) is 11.1. The summed E-state index contributed by atoms with van der Waals surface area (Å²) in [5.41, 5.74) is 0.973. The Balaban J connectivity index is 1.82. The molecule has 0 unspecified atom stereocenters. The molecule has 0 bridgehead atoms. The number of fused-ring (bicyclic) bond motifs is 1. The van der Waals surface area contributed by atoms with Gasteiger partial charge in [0.2, 0.25) is 22.7 Å². The average Bonchev–Trinajstić information content (AvgIpc) is 3.14. The Morgan fingerprint density at radius 3 is 2.70 bits per heavy atom. The van der Waals surface area contributed by atoms with E-state index in [2.05, 4.69) is 5.32 Å². The first-order chi connectivity index (χ1) is 12.9. The van der Waals surface area contributed by atoms with E-state index in [1.54, 1.807) is 36.0 Å². The summed E-state index contributed by atoms with van der Waals surface area (Å²) in [4.78, 5) is 13.5. The number of amides is 1. The standard InChI is InChI=1S/C18H20N2O5S2/c1-3-27(22,23)20(14-7-8-16-17(10-14)25-12-24-16)11-18(21)19-13-5-4-6-15(9-13)26-2/h4-10H,3,11-12H2,1-2H3,(H,19,21). The molecule has 0 radical (unpaired) electrons. The van der Waals surface area contributed by atoms with Crippen molar-refractivity contribution < 1.29 is 22.7 Å². The fraction of sp³-hybridized carbons (Fsp3) is 0.278. The molecule has 0 aromatic heterocycles. The molecular weight excluding hydrogens is 388 g/mol. The highest BCUT2D eigenvalue weighted by atomic mass is 32.2. The van der Waals surface area contributed by atoms with E-state index in [-0.39, 0.29) is 19.1 Å². The second-order valence-electron chi connectivity index (χ2n) is 5.72. The number of carbonyl (C=O) groups is 1. The zero-order valence-electron chi connectivity index (χ0n) is 15.0. The SMILES string of the molecule is CCS(=O)(=O)N(CC(=O)Nc1cccc(SC)c1)c1ccc2c(c1)OCO2. The van der Waals surface area contributed by atoms with Crippen LogP contribution in [0.25, 0.3) is 0 Å². The Hall–Kier alpha value is -2.39. The number of benzene rings is 2. The lowest BCUT2D eigenvalue weighted by Crippen LogP contribution is -2.39. The predicted molar refractivity (Wildman–Crippen MR) is 106 cm³/mol. The van der Waals surface area contributed by atoms with Gasteiger partial charge >= 0.3 is 0 Å². The van der Waals surface area contributed by atoms with Crippen molar-refractivity contribution in [2.75, 3.05) is 35.0 Å². The van der Waals surface area contributed by atoms with Gasteiger partial charge in [-0.25, -0.2) is 8.42 Å². The van der Waals surface area contributed by atoms with Gasteiger partial charge in [-0.15, -0.1) is 11.8 Å². The molecule has 1 aliphatic rings. The number of nitrogens with one attached hydrogen (secondary N) is 1. The van der Waals surface area contributed by atoms with Crippen LogP contribution in [0, 0.1) is 0 Å². The van der Waals surface area contributed by atoms with Crippen LogP contribution in [-0.4, -0.2) is 39.7 Å². The van der Waals surface area contributed by atoms with Gasteiger partial charge in [-0.1, -0.05) is 6.07 Å². The van der Waals surface area contributed by atoms with Crippen LogP contribution in [0.1, 0.15) is 6.92 Å². The molecule has 27 heavy (non-hydrogen) atoms. The first kappa shape index (κ1) is 19.4. The summed E-state index contributed by atoms with van der Waals surface area (Å²) in [6.07, 6.45) is 1.94. The van der Waals surface area contributed by atoms with Crippen LogP contribution in [0.15, 0.2) is 47.4 Å². The van der Waals surface area contributed by atoms with E-state index in [4.69, 9.17) is 9.47 Å². The number of hydrogen-bond donors (Lipinski definition) is 1. The summed E-state index contributed by atoms with van der Waals surface area (Å²) >= 11 is 1.56. The number of hydrogen-bond acceptors (Lipinski definition) is 6. The third-order valence-electron chi connectivity index (χ3n) is 3.99. The summed E-state index contributed by atoms with van der Waals surface area (Å²) in [5, 5.41) is 2.75. The quantitative estimate of drug-likeness (QED) is 0.709. The fourth-order valence-electron chi connectivity index (χ4n) is 2.58. The fourth-order valence-corrected chi connectivity index (χ4v) is 4.10. The summed E-state index contributed by atoms with van der Waals surface area (Å²) in [5.74, 6) is 0.446. The summed E-state index contributed by atoms with van der Waals surface area (Å²) in [6.45, 7) is 1.29. The van der Waals surface area contributed by atoms with Gasteiger partial charge < -0.3 is 14.8 Å². The van der Waals surface area contributed by atoms with Gasteiger partial charge in [-0.05, 0) is 43.5 Å². The molecule has 0 saturated heterocycles. The summed E-state index contributed by atoms with van der Waals surface area (Å²) < 4.78 is 36.8. The van der Waals surface area contributed by atoms with Crippen LogP contribution in [0.4, 0.5) is 11.4 Å². The predicted octanol–water partition coefficient (Wildman–Crippen LogP) is 2.93. The number of sulfonamides is 1. The lowest BCUT2D eigenvalue weighted by atomic mass is 10.2. The van der Waals surface area contributed by atoms with Gasteiger partial charge in [0.15, 0.2) is 11.5 Å². The van der Waals surface area contributed by atoms with E-state index >= 15 is 0 Å². The van der Waals surface area contributed by atoms with Gasteiger partial charge in [0, 0.05) is 16.6 Å². The lowest BCUT2D eigenvalue weighted by Gasteiger charge is -2.23. The monoisotopic (exact) mass is 408 g/mol. The van der Waals surface area contributed by atoms with Gasteiger partial charge in [-0.2, -0.15) is 0 Å². The molecule has 7 nitrogen and oxygen atoms in total. The van der Waals surface area contributed by atoms with E-state index < -0.39 is 15.9 Å². The van der Waals surface area contributed by atoms with Gasteiger partial charge in [0.05, 0.1) is 11.4 Å². The molecular formula is C18H20N2O5S2. The largest absolute Gasteiger partial charge is 0.454 e. The second kappa shape index (κ2) is 8.10. The van der Waals surface area contributed by atoms with Crippen LogP contribution >= 0.6 is 11.8 Å². The number of rotatable bonds is 7. The Kier molecular flexibility index (Phi) is 5.81. The highest BCUT2D eigenvalue weighted by molar-refractivity contribution is 7.98. The summed E-state index contributed by atoms with van der Waals surface area (Å²) in [7, 11) is -3.66. The maximum atomic E-state index is 12.6. The highest BCUT2D eigenvalue weighted by Crippen LogP contribution is 2.36.